The second-order valence-corrected chi connectivity index (χ2v) is 10.4. The van der Waals surface area contributed by atoms with Gasteiger partial charge in [-0.05, 0) is 64.9 Å². The Morgan fingerprint density at radius 2 is 2.00 bits per heavy atom. The first-order valence-electron chi connectivity index (χ1n) is 10.6. The Balaban J connectivity index is 2.05. The van der Waals surface area contributed by atoms with Gasteiger partial charge in [-0.2, -0.15) is 13.2 Å². The van der Waals surface area contributed by atoms with Crippen molar-refractivity contribution in [2.45, 2.75) is 19.1 Å². The maximum absolute atomic E-state index is 14.1. The number of rotatable bonds is 5. The molecule has 2 aromatic carbocycles. The highest BCUT2D eigenvalue weighted by molar-refractivity contribution is 14.1. The Kier molecular flexibility index (Phi) is 7.67. The lowest BCUT2D eigenvalue weighted by atomic mass is 9.95. The zero-order valence-corrected chi connectivity index (χ0v) is 22.7. The lowest BCUT2D eigenvalue weighted by molar-refractivity contribution is -0.386. The van der Waals surface area contributed by atoms with Crippen molar-refractivity contribution in [3.63, 3.8) is 0 Å². The summed E-state index contributed by atoms with van der Waals surface area (Å²) in [5, 5.41) is 21.5. The van der Waals surface area contributed by atoms with Gasteiger partial charge in [0.1, 0.15) is 0 Å². The summed E-state index contributed by atoms with van der Waals surface area (Å²) in [6.07, 6.45) is -3.83. The van der Waals surface area contributed by atoms with Gasteiger partial charge in [-0.3, -0.25) is 19.5 Å². The third kappa shape index (κ3) is 5.19. The number of aromatic hydroxyl groups is 1. The molecular formula is C23H14ClF3IN3O6S. The Morgan fingerprint density at radius 3 is 2.58 bits per heavy atom. The molecule has 0 aliphatic carbocycles. The zero-order valence-electron chi connectivity index (χ0n) is 19.0. The molecule has 1 aromatic heterocycles. The summed E-state index contributed by atoms with van der Waals surface area (Å²) >= 11 is 8.23. The van der Waals surface area contributed by atoms with Gasteiger partial charge < -0.3 is 9.84 Å². The van der Waals surface area contributed by atoms with E-state index in [1.165, 1.54) is 43.3 Å². The van der Waals surface area contributed by atoms with Crippen molar-refractivity contribution < 1.29 is 32.7 Å². The average molecular weight is 680 g/mol. The van der Waals surface area contributed by atoms with Gasteiger partial charge in [0.2, 0.25) is 5.75 Å². The van der Waals surface area contributed by atoms with Gasteiger partial charge in [0.15, 0.2) is 10.5 Å². The number of ether oxygens (including phenoxy) is 1. The molecule has 1 aliphatic heterocycles. The largest absolute Gasteiger partial charge is 0.501 e. The molecule has 0 saturated carbocycles. The van der Waals surface area contributed by atoms with Gasteiger partial charge in [-0.25, -0.2) is 9.79 Å². The summed E-state index contributed by atoms with van der Waals surface area (Å²) in [5.41, 5.74) is -3.47. The normalized spacial score (nSPS) is 15.7. The number of thiazole rings is 1. The van der Waals surface area contributed by atoms with Crippen LogP contribution in [0.5, 0.6) is 5.75 Å². The number of hydrogen-bond acceptors (Lipinski definition) is 8. The lowest BCUT2D eigenvalue weighted by Gasteiger charge is -2.26. The first-order valence-corrected chi connectivity index (χ1v) is 12.8. The number of phenols is 1. The number of benzene rings is 2. The lowest BCUT2D eigenvalue weighted by Crippen LogP contribution is -2.41. The van der Waals surface area contributed by atoms with Crippen LogP contribution >= 0.6 is 45.5 Å². The van der Waals surface area contributed by atoms with Crippen LogP contribution in [0.2, 0.25) is 5.02 Å². The standard InChI is InChI=1S/C23H14ClF3IN3O6S/c1-2-37-21(34)16-17(11-3-5-12(24)6-4-11)30-20(33)15(38-22(30)29-19(16)23(25,26)27)9-10-7-13(28)18(32)14(8-10)31(35)36/h3-9,17,32H,2H2,1H3/b15-9-/t17-/m1/s1. The van der Waals surface area contributed by atoms with Crippen molar-refractivity contribution in [3.8, 4) is 5.75 Å². The first-order chi connectivity index (χ1) is 17.8. The maximum Gasteiger partial charge on any atom is 0.434 e. The summed E-state index contributed by atoms with van der Waals surface area (Å²) in [5.74, 6) is -1.85. The number of nitro benzene ring substituents is 1. The minimum Gasteiger partial charge on any atom is -0.501 e. The Morgan fingerprint density at radius 1 is 1.34 bits per heavy atom. The zero-order chi connectivity index (χ0) is 27.9. The summed E-state index contributed by atoms with van der Waals surface area (Å²) in [6.45, 7) is 1.21. The Labute approximate surface area is 233 Å². The number of esters is 1. The van der Waals surface area contributed by atoms with Gasteiger partial charge >= 0.3 is 17.8 Å². The summed E-state index contributed by atoms with van der Waals surface area (Å²) in [7, 11) is 0. The molecular weight excluding hydrogens is 666 g/mol. The first kappa shape index (κ1) is 27.8. The number of allylic oxidation sites excluding steroid dienone is 1. The van der Waals surface area contributed by atoms with Crippen LogP contribution in [0.1, 0.15) is 24.1 Å². The number of nitro groups is 1. The molecule has 1 aliphatic rings. The molecule has 1 atom stereocenters. The fourth-order valence-corrected chi connectivity index (χ4v) is 5.54. The van der Waals surface area contributed by atoms with Crippen molar-refractivity contribution >= 4 is 63.3 Å². The van der Waals surface area contributed by atoms with Crippen LogP contribution in [-0.2, 0) is 9.53 Å². The third-order valence-corrected chi connectivity index (χ3v) is 7.40. The quantitative estimate of drug-likeness (QED) is 0.187. The summed E-state index contributed by atoms with van der Waals surface area (Å²) in [6, 6.07) is 6.42. The molecule has 1 N–H and O–H groups in total. The third-order valence-electron chi connectivity index (χ3n) is 5.34. The van der Waals surface area contributed by atoms with E-state index in [1.807, 2.05) is 0 Å². The Bertz CT molecular complexity index is 1680. The topological polar surface area (TPSA) is 124 Å². The molecule has 4 rings (SSSR count). The van der Waals surface area contributed by atoms with Gasteiger partial charge in [0.25, 0.3) is 5.56 Å². The molecule has 2 heterocycles. The van der Waals surface area contributed by atoms with Crippen molar-refractivity contribution in [1.29, 1.82) is 0 Å². The van der Waals surface area contributed by atoms with E-state index in [-0.39, 0.29) is 35.7 Å². The molecule has 15 heteroatoms. The van der Waals surface area contributed by atoms with E-state index in [4.69, 9.17) is 16.3 Å². The molecule has 0 unspecified atom stereocenters. The van der Waals surface area contributed by atoms with Crippen molar-refractivity contribution in [1.82, 2.24) is 4.57 Å². The van der Waals surface area contributed by atoms with E-state index in [2.05, 4.69) is 4.99 Å². The van der Waals surface area contributed by atoms with Crippen LogP contribution in [0.4, 0.5) is 18.9 Å². The van der Waals surface area contributed by atoms with E-state index in [0.717, 1.165) is 10.6 Å². The number of aromatic nitrogens is 1. The van der Waals surface area contributed by atoms with Gasteiger partial charge in [0, 0.05) is 11.1 Å². The summed E-state index contributed by atoms with van der Waals surface area (Å²) in [4.78, 5) is 40.1. The molecule has 38 heavy (non-hydrogen) atoms. The number of hydrogen-bond donors (Lipinski definition) is 1. The minimum absolute atomic E-state index is 0.106. The van der Waals surface area contributed by atoms with Gasteiger partial charge in [-0.15, -0.1) is 0 Å². The van der Waals surface area contributed by atoms with E-state index in [1.54, 1.807) is 22.6 Å². The highest BCUT2D eigenvalue weighted by Crippen LogP contribution is 2.38. The minimum atomic E-state index is -5.06. The van der Waals surface area contributed by atoms with Crippen LogP contribution in [0, 0.1) is 13.7 Å². The van der Waals surface area contributed by atoms with Crippen LogP contribution in [0.3, 0.4) is 0 Å². The Hall–Kier alpha value is -3.24. The predicted octanol–water partition coefficient (Wildman–Crippen LogP) is 4.21. The van der Waals surface area contributed by atoms with Crippen molar-refractivity contribution in [2.75, 3.05) is 6.61 Å². The van der Waals surface area contributed by atoms with E-state index >= 15 is 0 Å². The number of phenolic OH excluding ortho intramolecular Hbond substituents is 1. The smallest absolute Gasteiger partial charge is 0.434 e. The van der Waals surface area contributed by atoms with Crippen molar-refractivity contribution in [3.05, 3.63) is 97.2 Å². The average Bonchev–Trinajstić information content (AvgIpc) is 3.15. The molecule has 3 aromatic rings. The van der Waals surface area contributed by atoms with Crippen LogP contribution < -0.4 is 14.9 Å². The van der Waals surface area contributed by atoms with Gasteiger partial charge in [0.05, 0.1) is 31.2 Å². The fraction of sp³-hybridized carbons (Fsp3) is 0.174. The second-order valence-electron chi connectivity index (χ2n) is 7.74. The number of halogens is 5. The SMILES string of the molecule is CCOC(=O)C1=C(C(F)(F)F)N=c2s/c(=C\c3cc(I)c(O)c([N+](=O)[O-])c3)c(=O)n2[C@@H]1c1ccc(Cl)cc1. The van der Waals surface area contributed by atoms with E-state index < -0.39 is 51.4 Å². The maximum atomic E-state index is 14.1. The molecule has 9 nitrogen and oxygen atoms in total. The number of fused-ring (bicyclic) bond motifs is 1. The number of nitrogens with zero attached hydrogens (tertiary/aromatic N) is 3. The molecule has 0 spiro atoms. The molecule has 0 amide bonds. The highest BCUT2D eigenvalue weighted by atomic mass is 127. The summed E-state index contributed by atoms with van der Waals surface area (Å²) < 4.78 is 48.3. The molecule has 198 valence electrons. The molecule has 0 radical (unpaired) electrons. The number of carbonyl (C=O) groups excluding carboxylic acids is 1. The van der Waals surface area contributed by atoms with Crippen LogP contribution in [0.25, 0.3) is 6.08 Å². The molecule has 0 saturated heterocycles. The van der Waals surface area contributed by atoms with Crippen molar-refractivity contribution in [2.24, 2.45) is 4.99 Å². The van der Waals surface area contributed by atoms with E-state index in [0.29, 0.717) is 11.3 Å². The highest BCUT2D eigenvalue weighted by Gasteiger charge is 2.45. The van der Waals surface area contributed by atoms with Gasteiger partial charge in [-0.1, -0.05) is 35.1 Å². The molecule has 0 fully saturated rings. The monoisotopic (exact) mass is 679 g/mol. The van der Waals surface area contributed by atoms with Crippen LogP contribution in [-0.4, -0.2) is 33.3 Å². The molecule has 0 bridgehead atoms. The van der Waals surface area contributed by atoms with E-state index in [9.17, 15) is 38.0 Å². The predicted molar refractivity (Wildman–Crippen MR) is 140 cm³/mol. The fourth-order valence-electron chi connectivity index (χ4n) is 3.78. The second kappa shape index (κ2) is 10.5. The van der Waals surface area contributed by atoms with Crippen LogP contribution in [0.15, 0.2) is 57.5 Å². The number of alkyl halides is 3. The number of carbonyl (C=O) groups is 1.